The summed E-state index contributed by atoms with van der Waals surface area (Å²) in [5.74, 6) is -0.207. The van der Waals surface area contributed by atoms with Crippen LogP contribution in [0.3, 0.4) is 0 Å². The quantitative estimate of drug-likeness (QED) is 0.897. The molecule has 0 atom stereocenters. The highest BCUT2D eigenvalue weighted by molar-refractivity contribution is 5.69. The lowest BCUT2D eigenvalue weighted by Gasteiger charge is -2.09. The van der Waals surface area contributed by atoms with E-state index in [1.807, 2.05) is 26.4 Å². The molecule has 0 aliphatic carbocycles. The Morgan fingerprint density at radius 1 is 1.32 bits per heavy atom. The van der Waals surface area contributed by atoms with Crippen molar-refractivity contribution in [2.75, 3.05) is 7.05 Å². The van der Waals surface area contributed by atoms with E-state index in [1.165, 1.54) is 6.07 Å². The monoisotopic (exact) mass is 261 g/mol. The van der Waals surface area contributed by atoms with Gasteiger partial charge in [-0.05, 0) is 36.7 Å². The first-order valence-electron chi connectivity index (χ1n) is 6.61. The number of nitrogens with zero attached hydrogens (tertiary/aromatic N) is 2. The van der Waals surface area contributed by atoms with Gasteiger partial charge in [0.15, 0.2) is 0 Å². The van der Waals surface area contributed by atoms with Gasteiger partial charge in [0, 0.05) is 25.4 Å². The molecule has 0 unspecified atom stereocenters. The molecule has 2 aromatic rings. The lowest BCUT2D eigenvalue weighted by Crippen LogP contribution is -2.06. The van der Waals surface area contributed by atoms with Crippen LogP contribution < -0.4 is 5.32 Å². The van der Waals surface area contributed by atoms with E-state index >= 15 is 0 Å². The SMILES string of the molecule is CCCc1nn(C)cc1-c1cc(F)ccc1CNC. The van der Waals surface area contributed by atoms with Gasteiger partial charge in [-0.1, -0.05) is 19.4 Å². The Bertz CT molecular complexity index is 561. The molecule has 1 aromatic heterocycles. The summed E-state index contributed by atoms with van der Waals surface area (Å²) in [6.45, 7) is 2.84. The Morgan fingerprint density at radius 2 is 2.11 bits per heavy atom. The molecule has 102 valence electrons. The highest BCUT2D eigenvalue weighted by Gasteiger charge is 2.13. The van der Waals surface area contributed by atoms with Gasteiger partial charge in [0.25, 0.3) is 0 Å². The summed E-state index contributed by atoms with van der Waals surface area (Å²) < 4.78 is 15.3. The molecule has 0 amide bonds. The number of hydrogen-bond donors (Lipinski definition) is 1. The van der Waals surface area contributed by atoms with E-state index in [2.05, 4.69) is 17.3 Å². The second-order valence-electron chi connectivity index (χ2n) is 4.74. The fourth-order valence-corrected chi connectivity index (χ4v) is 2.32. The van der Waals surface area contributed by atoms with Gasteiger partial charge in [-0.25, -0.2) is 4.39 Å². The summed E-state index contributed by atoms with van der Waals surface area (Å²) in [4.78, 5) is 0. The van der Waals surface area contributed by atoms with E-state index in [9.17, 15) is 4.39 Å². The summed E-state index contributed by atoms with van der Waals surface area (Å²) in [6.07, 6.45) is 3.91. The number of rotatable bonds is 5. The maximum atomic E-state index is 13.5. The van der Waals surface area contributed by atoms with Gasteiger partial charge in [-0.3, -0.25) is 4.68 Å². The van der Waals surface area contributed by atoms with Crippen LogP contribution in [0.1, 0.15) is 24.6 Å². The summed E-state index contributed by atoms with van der Waals surface area (Å²) in [7, 11) is 3.79. The zero-order chi connectivity index (χ0) is 13.8. The Balaban J connectivity index is 2.53. The van der Waals surface area contributed by atoms with Crippen molar-refractivity contribution in [1.82, 2.24) is 15.1 Å². The topological polar surface area (TPSA) is 29.9 Å². The molecular formula is C15H20FN3. The van der Waals surface area contributed by atoms with Gasteiger partial charge in [0.05, 0.1) is 5.69 Å². The molecule has 0 aliphatic rings. The first-order valence-corrected chi connectivity index (χ1v) is 6.61. The van der Waals surface area contributed by atoms with E-state index in [1.54, 1.807) is 10.7 Å². The van der Waals surface area contributed by atoms with Crippen molar-refractivity contribution in [2.45, 2.75) is 26.3 Å². The maximum absolute atomic E-state index is 13.5. The van der Waals surface area contributed by atoms with Gasteiger partial charge in [0.1, 0.15) is 5.82 Å². The van der Waals surface area contributed by atoms with Crippen LogP contribution in [0, 0.1) is 5.82 Å². The fraction of sp³-hybridized carbons (Fsp3) is 0.400. The first-order chi connectivity index (χ1) is 9.15. The average molecular weight is 261 g/mol. The minimum Gasteiger partial charge on any atom is -0.316 e. The van der Waals surface area contributed by atoms with Crippen LogP contribution in [-0.4, -0.2) is 16.8 Å². The van der Waals surface area contributed by atoms with Crippen molar-refractivity contribution in [2.24, 2.45) is 7.05 Å². The van der Waals surface area contributed by atoms with Crippen LogP contribution in [0.25, 0.3) is 11.1 Å². The Morgan fingerprint density at radius 3 is 2.79 bits per heavy atom. The minimum absolute atomic E-state index is 0.207. The zero-order valence-corrected chi connectivity index (χ0v) is 11.7. The second kappa shape index (κ2) is 5.97. The molecule has 0 fully saturated rings. The first kappa shape index (κ1) is 13.7. The molecular weight excluding hydrogens is 241 g/mol. The normalized spacial score (nSPS) is 10.9. The van der Waals surface area contributed by atoms with Crippen molar-refractivity contribution < 1.29 is 4.39 Å². The van der Waals surface area contributed by atoms with Crippen molar-refractivity contribution in [3.05, 3.63) is 41.5 Å². The van der Waals surface area contributed by atoms with Gasteiger partial charge >= 0.3 is 0 Å². The Kier molecular flexibility index (Phi) is 4.32. The second-order valence-corrected chi connectivity index (χ2v) is 4.74. The van der Waals surface area contributed by atoms with E-state index < -0.39 is 0 Å². The van der Waals surface area contributed by atoms with Crippen LogP contribution in [0.2, 0.25) is 0 Å². The fourth-order valence-electron chi connectivity index (χ4n) is 2.32. The Labute approximate surface area is 113 Å². The van der Waals surface area contributed by atoms with E-state index in [0.717, 1.165) is 41.8 Å². The minimum atomic E-state index is -0.207. The number of aryl methyl sites for hydroxylation is 2. The zero-order valence-electron chi connectivity index (χ0n) is 11.7. The molecule has 1 heterocycles. The smallest absolute Gasteiger partial charge is 0.123 e. The summed E-state index contributed by atoms with van der Waals surface area (Å²) >= 11 is 0. The molecule has 4 heteroatoms. The van der Waals surface area contributed by atoms with E-state index in [0.29, 0.717) is 0 Å². The largest absolute Gasteiger partial charge is 0.316 e. The van der Waals surface area contributed by atoms with Crippen LogP contribution in [-0.2, 0) is 20.0 Å². The van der Waals surface area contributed by atoms with Crippen LogP contribution in [0.5, 0.6) is 0 Å². The lowest BCUT2D eigenvalue weighted by atomic mass is 9.98. The third-order valence-corrected chi connectivity index (χ3v) is 3.12. The summed E-state index contributed by atoms with van der Waals surface area (Å²) in [6, 6.07) is 4.94. The molecule has 3 nitrogen and oxygen atoms in total. The lowest BCUT2D eigenvalue weighted by molar-refractivity contribution is 0.627. The molecule has 0 radical (unpaired) electrons. The third kappa shape index (κ3) is 3.01. The number of aromatic nitrogens is 2. The highest BCUT2D eigenvalue weighted by atomic mass is 19.1. The van der Waals surface area contributed by atoms with E-state index in [4.69, 9.17) is 0 Å². The number of hydrogen-bond acceptors (Lipinski definition) is 2. The number of benzene rings is 1. The molecule has 0 saturated carbocycles. The van der Waals surface area contributed by atoms with Gasteiger partial charge in [0.2, 0.25) is 0 Å². The average Bonchev–Trinajstić information content (AvgIpc) is 2.73. The van der Waals surface area contributed by atoms with Gasteiger partial charge < -0.3 is 5.32 Å². The van der Waals surface area contributed by atoms with Crippen LogP contribution in [0.15, 0.2) is 24.4 Å². The molecule has 0 saturated heterocycles. The maximum Gasteiger partial charge on any atom is 0.123 e. The van der Waals surface area contributed by atoms with Crippen LogP contribution >= 0.6 is 0 Å². The highest BCUT2D eigenvalue weighted by Crippen LogP contribution is 2.28. The van der Waals surface area contributed by atoms with Gasteiger partial charge in [-0.15, -0.1) is 0 Å². The van der Waals surface area contributed by atoms with Crippen molar-refractivity contribution in [1.29, 1.82) is 0 Å². The summed E-state index contributed by atoms with van der Waals surface area (Å²) in [5, 5.41) is 7.60. The van der Waals surface area contributed by atoms with E-state index in [-0.39, 0.29) is 5.82 Å². The molecule has 19 heavy (non-hydrogen) atoms. The molecule has 1 N–H and O–H groups in total. The molecule has 1 aromatic carbocycles. The third-order valence-electron chi connectivity index (χ3n) is 3.12. The Hall–Kier alpha value is -1.68. The standard InChI is InChI=1S/C15H20FN3/c1-4-5-15-14(10-19(3)18-15)13-8-12(16)7-6-11(13)9-17-2/h6-8,10,17H,4-5,9H2,1-3H3. The van der Waals surface area contributed by atoms with Crippen molar-refractivity contribution in [3.8, 4) is 11.1 Å². The predicted octanol–water partition coefficient (Wildman–Crippen LogP) is 2.90. The van der Waals surface area contributed by atoms with Crippen LogP contribution in [0.4, 0.5) is 4.39 Å². The molecule has 2 rings (SSSR count). The van der Waals surface area contributed by atoms with Crippen molar-refractivity contribution >= 4 is 0 Å². The van der Waals surface area contributed by atoms with Gasteiger partial charge in [-0.2, -0.15) is 5.10 Å². The van der Waals surface area contributed by atoms with Crippen molar-refractivity contribution in [3.63, 3.8) is 0 Å². The molecule has 0 spiro atoms. The molecule has 0 aliphatic heterocycles. The predicted molar refractivity (Wildman–Crippen MR) is 75.4 cm³/mol. The summed E-state index contributed by atoms with van der Waals surface area (Å²) in [5.41, 5.74) is 4.10. The molecule has 0 bridgehead atoms. The number of nitrogens with one attached hydrogen (secondary N) is 1. The number of halogens is 1.